The zero-order valence-corrected chi connectivity index (χ0v) is 12.6. The topological polar surface area (TPSA) is 116 Å². The van der Waals surface area contributed by atoms with Crippen molar-refractivity contribution in [2.75, 3.05) is 13.1 Å². The third kappa shape index (κ3) is 2.90. The second kappa shape index (κ2) is 6.22. The number of rotatable bonds is 2. The van der Waals surface area contributed by atoms with Crippen LogP contribution in [-0.2, 0) is 4.79 Å². The van der Waals surface area contributed by atoms with Gasteiger partial charge < -0.3 is 10.6 Å². The van der Waals surface area contributed by atoms with Gasteiger partial charge >= 0.3 is 11.7 Å². The molecular weight excluding hydrogens is 319 g/mol. The number of likely N-dealkylation sites (tertiary alicyclic amines) is 1. The van der Waals surface area contributed by atoms with Crippen LogP contribution in [0.3, 0.4) is 0 Å². The van der Waals surface area contributed by atoms with Crippen LogP contribution >= 0.6 is 0 Å². The van der Waals surface area contributed by atoms with Crippen molar-refractivity contribution in [1.29, 1.82) is 0 Å². The van der Waals surface area contributed by atoms with Crippen molar-refractivity contribution >= 4 is 11.9 Å². The number of carbonyl (C=O) groups excluding carboxylic acids is 2. The SMILES string of the molecule is NC(=O)C1CCCN(C(=O)n2nnn(-c3cccc(F)c3)c2=O)C1. The van der Waals surface area contributed by atoms with Gasteiger partial charge in [0.05, 0.1) is 11.6 Å². The van der Waals surface area contributed by atoms with Crippen molar-refractivity contribution < 1.29 is 14.0 Å². The lowest BCUT2D eigenvalue weighted by molar-refractivity contribution is -0.123. The number of primary amides is 1. The van der Waals surface area contributed by atoms with Crippen LogP contribution in [0, 0.1) is 11.7 Å². The first kappa shape index (κ1) is 15.8. The highest BCUT2D eigenvalue weighted by atomic mass is 19.1. The molecule has 0 aliphatic carbocycles. The molecule has 2 heterocycles. The average molecular weight is 334 g/mol. The Morgan fingerprint density at radius 3 is 2.79 bits per heavy atom. The molecule has 9 nitrogen and oxygen atoms in total. The summed E-state index contributed by atoms with van der Waals surface area (Å²) in [5, 5.41) is 7.16. The van der Waals surface area contributed by atoms with E-state index in [-0.39, 0.29) is 12.2 Å². The summed E-state index contributed by atoms with van der Waals surface area (Å²) in [4.78, 5) is 37.4. The minimum absolute atomic E-state index is 0.132. The van der Waals surface area contributed by atoms with E-state index in [0.717, 1.165) is 10.7 Å². The van der Waals surface area contributed by atoms with Gasteiger partial charge in [-0.25, -0.2) is 14.0 Å². The van der Waals surface area contributed by atoms with Crippen molar-refractivity contribution in [2.24, 2.45) is 11.7 Å². The summed E-state index contributed by atoms with van der Waals surface area (Å²) in [7, 11) is 0. The molecule has 126 valence electrons. The summed E-state index contributed by atoms with van der Waals surface area (Å²) in [5.74, 6) is -1.47. The lowest BCUT2D eigenvalue weighted by Crippen LogP contribution is -2.48. The molecule has 3 rings (SSSR count). The fourth-order valence-corrected chi connectivity index (χ4v) is 2.65. The molecule has 0 spiro atoms. The van der Waals surface area contributed by atoms with Gasteiger partial charge in [-0.2, -0.15) is 4.68 Å². The predicted molar refractivity (Wildman–Crippen MR) is 79.9 cm³/mol. The van der Waals surface area contributed by atoms with E-state index in [1.165, 1.54) is 23.1 Å². The first-order valence-electron chi connectivity index (χ1n) is 7.37. The number of hydrogen-bond donors (Lipinski definition) is 1. The number of tetrazole rings is 1. The molecule has 1 unspecified atom stereocenters. The number of benzene rings is 1. The summed E-state index contributed by atoms with van der Waals surface area (Å²) in [5.41, 5.74) is 4.63. The number of halogens is 1. The molecule has 1 atom stereocenters. The minimum Gasteiger partial charge on any atom is -0.369 e. The quantitative estimate of drug-likeness (QED) is 0.759. The highest BCUT2D eigenvalue weighted by Crippen LogP contribution is 2.16. The lowest BCUT2D eigenvalue weighted by atomic mass is 9.98. The highest BCUT2D eigenvalue weighted by Gasteiger charge is 2.29. The first-order chi connectivity index (χ1) is 11.5. The maximum Gasteiger partial charge on any atom is 0.377 e. The van der Waals surface area contributed by atoms with E-state index in [1.807, 2.05) is 0 Å². The molecule has 1 aliphatic heterocycles. The fourth-order valence-electron chi connectivity index (χ4n) is 2.65. The standard InChI is InChI=1S/C14H15FN6O3/c15-10-4-1-5-11(7-10)20-14(24)21(18-17-20)13(23)19-6-2-3-9(8-19)12(16)22/h1,4-5,7,9H,2-3,6,8H2,(H2,16,22). The van der Waals surface area contributed by atoms with Gasteiger partial charge in [-0.1, -0.05) is 6.07 Å². The van der Waals surface area contributed by atoms with Crippen molar-refractivity contribution in [3.8, 4) is 5.69 Å². The van der Waals surface area contributed by atoms with Gasteiger partial charge in [0.15, 0.2) is 0 Å². The van der Waals surface area contributed by atoms with E-state index in [4.69, 9.17) is 5.73 Å². The largest absolute Gasteiger partial charge is 0.377 e. The number of aromatic nitrogens is 4. The van der Waals surface area contributed by atoms with E-state index in [1.54, 1.807) is 0 Å². The monoisotopic (exact) mass is 334 g/mol. The molecule has 1 aliphatic rings. The molecule has 10 heteroatoms. The Kier molecular flexibility index (Phi) is 4.11. The molecule has 0 radical (unpaired) electrons. The lowest BCUT2D eigenvalue weighted by Gasteiger charge is -2.30. The summed E-state index contributed by atoms with van der Waals surface area (Å²) in [6.45, 7) is 0.523. The van der Waals surface area contributed by atoms with Crippen molar-refractivity contribution in [3.05, 3.63) is 40.6 Å². The number of nitrogens with zero attached hydrogens (tertiary/aromatic N) is 5. The third-order valence-corrected chi connectivity index (χ3v) is 3.91. The van der Waals surface area contributed by atoms with E-state index in [0.29, 0.717) is 24.1 Å². The van der Waals surface area contributed by atoms with Crippen molar-refractivity contribution in [2.45, 2.75) is 12.8 Å². The number of amides is 2. The molecule has 2 aromatic rings. The molecule has 1 aromatic heterocycles. The molecule has 24 heavy (non-hydrogen) atoms. The summed E-state index contributed by atoms with van der Waals surface area (Å²) < 4.78 is 14.7. The van der Waals surface area contributed by atoms with Gasteiger partial charge in [0.1, 0.15) is 5.82 Å². The Morgan fingerprint density at radius 1 is 1.29 bits per heavy atom. The Morgan fingerprint density at radius 2 is 2.08 bits per heavy atom. The average Bonchev–Trinajstić information content (AvgIpc) is 2.96. The maximum atomic E-state index is 13.3. The van der Waals surface area contributed by atoms with Crippen LogP contribution in [0.15, 0.2) is 29.1 Å². The van der Waals surface area contributed by atoms with Gasteiger partial charge in [0, 0.05) is 13.1 Å². The Bertz CT molecular complexity index is 845. The second-order valence-electron chi connectivity index (χ2n) is 5.54. The number of nitrogens with two attached hydrogens (primary N) is 1. The van der Waals surface area contributed by atoms with Crippen LogP contribution in [0.5, 0.6) is 0 Å². The Balaban J connectivity index is 1.87. The number of piperidine rings is 1. The fraction of sp³-hybridized carbons (Fsp3) is 0.357. The van der Waals surface area contributed by atoms with Crippen LogP contribution in [0.1, 0.15) is 12.8 Å². The van der Waals surface area contributed by atoms with E-state index in [9.17, 15) is 18.8 Å². The highest BCUT2D eigenvalue weighted by molar-refractivity contribution is 5.80. The smallest absolute Gasteiger partial charge is 0.369 e. The Labute approximate surface area is 135 Å². The molecular formula is C14H15FN6O3. The van der Waals surface area contributed by atoms with Crippen molar-refractivity contribution in [1.82, 2.24) is 24.7 Å². The number of hydrogen-bond acceptors (Lipinski definition) is 5. The van der Waals surface area contributed by atoms with Crippen LogP contribution < -0.4 is 11.4 Å². The summed E-state index contributed by atoms with van der Waals surface area (Å²) in [6.07, 6.45) is 1.20. The first-order valence-corrected chi connectivity index (χ1v) is 7.37. The third-order valence-electron chi connectivity index (χ3n) is 3.91. The van der Waals surface area contributed by atoms with Gasteiger partial charge in [0.25, 0.3) is 0 Å². The normalized spacial score (nSPS) is 17.7. The van der Waals surface area contributed by atoms with Crippen LogP contribution in [-0.4, -0.2) is 49.7 Å². The van der Waals surface area contributed by atoms with E-state index in [2.05, 4.69) is 10.4 Å². The second-order valence-corrected chi connectivity index (χ2v) is 5.54. The zero-order chi connectivity index (χ0) is 17.3. The van der Waals surface area contributed by atoms with Gasteiger partial charge in [-0.05, 0) is 41.5 Å². The van der Waals surface area contributed by atoms with E-state index >= 15 is 0 Å². The Hall–Kier alpha value is -3.04. The minimum atomic E-state index is -0.813. The molecule has 1 saturated heterocycles. The van der Waals surface area contributed by atoms with Crippen molar-refractivity contribution in [3.63, 3.8) is 0 Å². The van der Waals surface area contributed by atoms with Crippen LogP contribution in [0.2, 0.25) is 0 Å². The summed E-state index contributed by atoms with van der Waals surface area (Å²) in [6, 6.07) is 4.53. The van der Waals surface area contributed by atoms with E-state index < -0.39 is 29.4 Å². The zero-order valence-electron chi connectivity index (χ0n) is 12.6. The number of carbonyl (C=O) groups is 2. The van der Waals surface area contributed by atoms with Gasteiger partial charge in [0.2, 0.25) is 5.91 Å². The molecule has 0 bridgehead atoms. The molecule has 2 N–H and O–H groups in total. The maximum absolute atomic E-state index is 13.3. The van der Waals surface area contributed by atoms with Gasteiger partial charge in [-0.3, -0.25) is 4.79 Å². The summed E-state index contributed by atoms with van der Waals surface area (Å²) >= 11 is 0. The predicted octanol–water partition coefficient (Wildman–Crippen LogP) is -0.266. The molecule has 1 fully saturated rings. The molecule has 1 aromatic carbocycles. The van der Waals surface area contributed by atoms with Gasteiger partial charge in [-0.15, -0.1) is 4.68 Å². The molecule has 2 amide bonds. The van der Waals surface area contributed by atoms with Crippen LogP contribution in [0.25, 0.3) is 5.69 Å². The molecule has 0 saturated carbocycles. The van der Waals surface area contributed by atoms with Crippen LogP contribution in [0.4, 0.5) is 9.18 Å².